The van der Waals surface area contributed by atoms with Crippen LogP contribution in [0.2, 0.25) is 0 Å². The van der Waals surface area contributed by atoms with Gasteiger partial charge in [0, 0.05) is 39.3 Å². The Morgan fingerprint density at radius 1 is 0.909 bits per heavy atom. The standard InChI is InChI=1S/C13H24N4O3.2ClH/c1-14-10-12(18)16-4-2-15(3-5-16)11-13(19)17-6-8-20-9-7-17;;/h14H,2-11H2,1H3;2*1H. The Balaban J connectivity index is 0.00000220. The fourth-order valence-electron chi connectivity index (χ4n) is 2.52. The number of nitrogens with zero attached hydrogens (tertiary/aromatic N) is 3. The van der Waals surface area contributed by atoms with Crippen molar-refractivity contribution in [2.24, 2.45) is 0 Å². The van der Waals surface area contributed by atoms with Crippen molar-refractivity contribution in [2.45, 2.75) is 0 Å². The molecule has 2 fully saturated rings. The van der Waals surface area contributed by atoms with Crippen LogP contribution in [0.4, 0.5) is 0 Å². The molecular formula is C13H26Cl2N4O3. The van der Waals surface area contributed by atoms with Gasteiger partial charge in [-0.05, 0) is 7.05 Å². The number of hydrogen-bond acceptors (Lipinski definition) is 5. The fraction of sp³-hybridized carbons (Fsp3) is 0.846. The van der Waals surface area contributed by atoms with E-state index in [-0.39, 0.29) is 36.6 Å². The molecule has 2 aliphatic rings. The van der Waals surface area contributed by atoms with Gasteiger partial charge in [0.1, 0.15) is 0 Å². The van der Waals surface area contributed by atoms with E-state index in [0.29, 0.717) is 52.5 Å². The number of piperazine rings is 1. The van der Waals surface area contributed by atoms with Crippen molar-refractivity contribution in [3.05, 3.63) is 0 Å². The molecule has 0 radical (unpaired) electrons. The summed E-state index contributed by atoms with van der Waals surface area (Å²) in [6.07, 6.45) is 0. The summed E-state index contributed by atoms with van der Waals surface area (Å²) in [6.45, 7) is 6.45. The summed E-state index contributed by atoms with van der Waals surface area (Å²) in [5.74, 6) is 0.301. The summed E-state index contributed by atoms with van der Waals surface area (Å²) in [7, 11) is 1.77. The van der Waals surface area contributed by atoms with Crippen LogP contribution in [0.3, 0.4) is 0 Å². The maximum absolute atomic E-state index is 12.1. The van der Waals surface area contributed by atoms with Crippen molar-refractivity contribution in [3.63, 3.8) is 0 Å². The lowest BCUT2D eigenvalue weighted by atomic mass is 10.3. The average molecular weight is 357 g/mol. The maximum Gasteiger partial charge on any atom is 0.236 e. The monoisotopic (exact) mass is 356 g/mol. The number of amides is 2. The van der Waals surface area contributed by atoms with Crippen LogP contribution in [0.15, 0.2) is 0 Å². The average Bonchev–Trinajstić information content (AvgIpc) is 2.49. The van der Waals surface area contributed by atoms with Crippen molar-refractivity contribution in [1.82, 2.24) is 20.0 Å². The van der Waals surface area contributed by atoms with Crippen LogP contribution in [0.1, 0.15) is 0 Å². The Labute approximate surface area is 144 Å². The molecule has 2 saturated heterocycles. The van der Waals surface area contributed by atoms with Gasteiger partial charge in [-0.3, -0.25) is 14.5 Å². The van der Waals surface area contributed by atoms with E-state index in [9.17, 15) is 9.59 Å². The number of morpholine rings is 1. The summed E-state index contributed by atoms with van der Waals surface area (Å²) in [5, 5.41) is 2.87. The zero-order valence-corrected chi connectivity index (χ0v) is 14.6. The quantitative estimate of drug-likeness (QED) is 0.703. The lowest BCUT2D eigenvalue weighted by Crippen LogP contribution is -2.53. The van der Waals surface area contributed by atoms with Gasteiger partial charge in [0.05, 0.1) is 26.3 Å². The van der Waals surface area contributed by atoms with Crippen LogP contribution in [-0.2, 0) is 14.3 Å². The van der Waals surface area contributed by atoms with Crippen LogP contribution >= 0.6 is 24.8 Å². The number of halogens is 2. The van der Waals surface area contributed by atoms with E-state index in [1.54, 1.807) is 7.05 Å². The molecule has 0 aromatic carbocycles. The lowest BCUT2D eigenvalue weighted by molar-refractivity contribution is -0.137. The van der Waals surface area contributed by atoms with E-state index in [2.05, 4.69) is 10.2 Å². The summed E-state index contributed by atoms with van der Waals surface area (Å²) in [4.78, 5) is 29.7. The first-order valence-corrected chi connectivity index (χ1v) is 7.21. The molecule has 9 heteroatoms. The third-order valence-corrected chi connectivity index (χ3v) is 3.78. The van der Waals surface area contributed by atoms with Gasteiger partial charge in [0.15, 0.2) is 0 Å². The molecule has 0 unspecified atom stereocenters. The fourth-order valence-corrected chi connectivity index (χ4v) is 2.52. The third-order valence-electron chi connectivity index (χ3n) is 3.78. The minimum atomic E-state index is 0. The Morgan fingerprint density at radius 3 is 2.00 bits per heavy atom. The predicted molar refractivity (Wildman–Crippen MR) is 88.8 cm³/mol. The topological polar surface area (TPSA) is 65.1 Å². The minimum absolute atomic E-state index is 0. The molecule has 0 spiro atoms. The van der Waals surface area contributed by atoms with E-state index in [1.165, 1.54) is 0 Å². The van der Waals surface area contributed by atoms with E-state index in [4.69, 9.17) is 4.74 Å². The van der Waals surface area contributed by atoms with Crippen molar-refractivity contribution >= 4 is 36.6 Å². The Bertz CT molecular complexity index is 346. The van der Waals surface area contributed by atoms with Crippen LogP contribution in [0.5, 0.6) is 0 Å². The highest BCUT2D eigenvalue weighted by Gasteiger charge is 2.24. The van der Waals surface area contributed by atoms with Gasteiger partial charge in [0.25, 0.3) is 0 Å². The van der Waals surface area contributed by atoms with Crippen LogP contribution < -0.4 is 5.32 Å². The van der Waals surface area contributed by atoms with Crippen LogP contribution in [0, 0.1) is 0 Å². The van der Waals surface area contributed by atoms with Crippen molar-refractivity contribution in [1.29, 1.82) is 0 Å². The van der Waals surface area contributed by atoms with Crippen molar-refractivity contribution < 1.29 is 14.3 Å². The normalized spacial score (nSPS) is 19.1. The summed E-state index contributed by atoms with van der Waals surface area (Å²) >= 11 is 0. The molecule has 1 N–H and O–H groups in total. The Kier molecular flexibility index (Phi) is 10.7. The first-order valence-electron chi connectivity index (χ1n) is 7.21. The third kappa shape index (κ3) is 6.26. The first kappa shape index (κ1) is 21.4. The molecular weight excluding hydrogens is 331 g/mol. The molecule has 0 saturated carbocycles. The van der Waals surface area contributed by atoms with Gasteiger partial charge in [-0.2, -0.15) is 0 Å². The second-order valence-corrected chi connectivity index (χ2v) is 5.18. The van der Waals surface area contributed by atoms with Crippen LogP contribution in [-0.4, -0.2) is 99.1 Å². The molecule has 0 atom stereocenters. The number of carbonyl (C=O) groups is 2. The number of nitrogens with one attached hydrogen (secondary N) is 1. The number of ether oxygens (including phenoxy) is 1. The van der Waals surface area contributed by atoms with E-state index >= 15 is 0 Å². The molecule has 0 aromatic heterocycles. The molecule has 2 amide bonds. The molecule has 0 bridgehead atoms. The maximum atomic E-state index is 12.1. The number of likely N-dealkylation sites (N-methyl/N-ethyl adjacent to an activating group) is 1. The Hall–Kier alpha value is -0.600. The van der Waals surface area contributed by atoms with Gasteiger partial charge in [-0.1, -0.05) is 0 Å². The van der Waals surface area contributed by atoms with Gasteiger partial charge in [-0.15, -0.1) is 24.8 Å². The minimum Gasteiger partial charge on any atom is -0.378 e. The second-order valence-electron chi connectivity index (χ2n) is 5.18. The van der Waals surface area contributed by atoms with Gasteiger partial charge < -0.3 is 19.9 Å². The predicted octanol–water partition coefficient (Wildman–Crippen LogP) is -0.948. The molecule has 0 aromatic rings. The molecule has 2 aliphatic heterocycles. The van der Waals surface area contributed by atoms with E-state index in [0.717, 1.165) is 13.1 Å². The zero-order chi connectivity index (χ0) is 14.4. The molecule has 7 nitrogen and oxygen atoms in total. The molecule has 2 heterocycles. The number of carbonyl (C=O) groups excluding carboxylic acids is 2. The zero-order valence-electron chi connectivity index (χ0n) is 13.0. The van der Waals surface area contributed by atoms with Crippen molar-refractivity contribution in [2.75, 3.05) is 72.6 Å². The highest BCUT2D eigenvalue weighted by atomic mass is 35.5. The highest BCUT2D eigenvalue weighted by molar-refractivity contribution is 5.85. The van der Waals surface area contributed by atoms with Crippen molar-refractivity contribution in [3.8, 4) is 0 Å². The molecule has 2 rings (SSSR count). The highest BCUT2D eigenvalue weighted by Crippen LogP contribution is 2.04. The van der Waals surface area contributed by atoms with E-state index in [1.807, 2.05) is 9.80 Å². The lowest BCUT2D eigenvalue weighted by Gasteiger charge is -2.36. The summed E-state index contributed by atoms with van der Waals surface area (Å²) < 4.78 is 5.25. The summed E-state index contributed by atoms with van der Waals surface area (Å²) in [5.41, 5.74) is 0. The first-order chi connectivity index (χ1) is 9.70. The molecule has 22 heavy (non-hydrogen) atoms. The summed E-state index contributed by atoms with van der Waals surface area (Å²) in [6, 6.07) is 0. The van der Waals surface area contributed by atoms with Crippen LogP contribution in [0.25, 0.3) is 0 Å². The van der Waals surface area contributed by atoms with Gasteiger partial charge in [0.2, 0.25) is 11.8 Å². The molecule has 0 aliphatic carbocycles. The smallest absolute Gasteiger partial charge is 0.236 e. The number of rotatable bonds is 4. The second kappa shape index (κ2) is 11.0. The van der Waals surface area contributed by atoms with Gasteiger partial charge >= 0.3 is 0 Å². The van der Waals surface area contributed by atoms with Gasteiger partial charge in [-0.25, -0.2) is 0 Å². The Morgan fingerprint density at radius 2 is 1.45 bits per heavy atom. The van der Waals surface area contributed by atoms with E-state index < -0.39 is 0 Å². The SMILES string of the molecule is CNCC(=O)N1CCN(CC(=O)N2CCOCC2)CC1.Cl.Cl. The largest absolute Gasteiger partial charge is 0.378 e. The molecule has 130 valence electrons. The number of hydrogen-bond donors (Lipinski definition) is 1.